The normalized spacial score (nSPS) is 11.8. The van der Waals surface area contributed by atoms with Crippen molar-refractivity contribution in [3.63, 3.8) is 0 Å². The fourth-order valence-corrected chi connectivity index (χ4v) is 1.37. The van der Waals surface area contributed by atoms with Gasteiger partial charge in [-0.15, -0.1) is 0 Å². The summed E-state index contributed by atoms with van der Waals surface area (Å²) in [4.78, 5) is 22.4. The van der Waals surface area contributed by atoms with Crippen LogP contribution in [0, 0.1) is 0 Å². The van der Waals surface area contributed by atoms with Crippen molar-refractivity contribution in [3.05, 3.63) is 35.9 Å². The number of nitrogens with one attached hydrogen (secondary N) is 1. The molecule has 2 N–H and O–H groups in total. The van der Waals surface area contributed by atoms with Gasteiger partial charge < -0.3 is 15.2 Å². The van der Waals surface area contributed by atoms with E-state index >= 15 is 0 Å². The van der Waals surface area contributed by atoms with E-state index in [1.54, 1.807) is 0 Å². The number of rotatable bonds is 6. The van der Waals surface area contributed by atoms with Gasteiger partial charge in [0.25, 0.3) is 0 Å². The van der Waals surface area contributed by atoms with Crippen molar-refractivity contribution in [1.29, 1.82) is 0 Å². The Labute approximate surface area is 99.4 Å². The van der Waals surface area contributed by atoms with E-state index < -0.39 is 12.0 Å². The van der Waals surface area contributed by atoms with Gasteiger partial charge in [-0.2, -0.15) is 0 Å². The molecule has 0 saturated carbocycles. The number of carboxylic acids is 1. The topological polar surface area (TPSA) is 75.6 Å². The molecule has 0 spiro atoms. The van der Waals surface area contributed by atoms with Gasteiger partial charge in [-0.3, -0.25) is 4.79 Å². The number of carbonyl (C=O) groups excluding carboxylic acids is 1. The van der Waals surface area contributed by atoms with Crippen LogP contribution in [-0.2, 0) is 20.7 Å². The van der Waals surface area contributed by atoms with Crippen LogP contribution in [0.25, 0.3) is 0 Å². The molecule has 1 aromatic rings. The third kappa shape index (κ3) is 4.65. The first-order valence-corrected chi connectivity index (χ1v) is 5.18. The lowest BCUT2D eigenvalue weighted by atomic mass is 10.1. The zero-order valence-corrected chi connectivity index (χ0v) is 9.55. The van der Waals surface area contributed by atoms with E-state index in [2.05, 4.69) is 5.32 Å². The highest BCUT2D eigenvalue weighted by atomic mass is 16.5. The summed E-state index contributed by atoms with van der Waals surface area (Å²) in [5.74, 6) is -1.44. The number of methoxy groups -OCH3 is 1. The van der Waals surface area contributed by atoms with Gasteiger partial charge in [0.2, 0.25) is 5.91 Å². The van der Waals surface area contributed by atoms with Crippen LogP contribution in [0.4, 0.5) is 0 Å². The first-order chi connectivity index (χ1) is 8.13. The molecular weight excluding hydrogens is 222 g/mol. The van der Waals surface area contributed by atoms with Crippen LogP contribution in [0.15, 0.2) is 30.3 Å². The van der Waals surface area contributed by atoms with Crippen LogP contribution in [0.3, 0.4) is 0 Å². The lowest BCUT2D eigenvalue weighted by Gasteiger charge is -2.13. The molecule has 0 unspecified atom stereocenters. The summed E-state index contributed by atoms with van der Waals surface area (Å²) in [7, 11) is 1.39. The number of ether oxygens (including phenoxy) is 1. The van der Waals surface area contributed by atoms with Crippen molar-refractivity contribution in [2.75, 3.05) is 13.7 Å². The number of benzene rings is 1. The Hall–Kier alpha value is -1.88. The SMILES string of the molecule is COC[C@H](NC(=O)Cc1ccccc1)C(=O)O. The molecule has 0 heterocycles. The van der Waals surface area contributed by atoms with E-state index in [1.807, 2.05) is 30.3 Å². The van der Waals surface area contributed by atoms with Gasteiger partial charge >= 0.3 is 5.97 Å². The van der Waals surface area contributed by atoms with Gasteiger partial charge in [0.15, 0.2) is 6.04 Å². The van der Waals surface area contributed by atoms with Crippen LogP contribution in [-0.4, -0.2) is 36.7 Å². The van der Waals surface area contributed by atoms with Gasteiger partial charge in [-0.05, 0) is 5.56 Å². The third-order valence-electron chi connectivity index (χ3n) is 2.17. The van der Waals surface area contributed by atoms with Crippen molar-refractivity contribution >= 4 is 11.9 Å². The van der Waals surface area contributed by atoms with E-state index in [4.69, 9.17) is 9.84 Å². The first-order valence-electron chi connectivity index (χ1n) is 5.18. The van der Waals surface area contributed by atoms with E-state index in [9.17, 15) is 9.59 Å². The van der Waals surface area contributed by atoms with Gasteiger partial charge in [-0.25, -0.2) is 4.79 Å². The standard InChI is InChI=1S/C12H15NO4/c1-17-8-10(12(15)16)13-11(14)7-9-5-3-2-4-6-9/h2-6,10H,7-8H2,1H3,(H,13,14)(H,15,16)/t10-/m0/s1. The molecule has 1 amide bonds. The molecule has 5 nitrogen and oxygen atoms in total. The van der Waals surface area contributed by atoms with Crippen LogP contribution < -0.4 is 5.32 Å². The molecule has 0 aliphatic carbocycles. The summed E-state index contributed by atoms with van der Waals surface area (Å²) < 4.78 is 4.72. The molecule has 92 valence electrons. The average Bonchev–Trinajstić information content (AvgIpc) is 2.29. The van der Waals surface area contributed by atoms with Crippen molar-refractivity contribution in [1.82, 2.24) is 5.32 Å². The van der Waals surface area contributed by atoms with Gasteiger partial charge in [0.05, 0.1) is 13.0 Å². The molecule has 0 radical (unpaired) electrons. The van der Waals surface area contributed by atoms with E-state index in [0.29, 0.717) is 0 Å². The molecule has 0 saturated heterocycles. The van der Waals surface area contributed by atoms with Gasteiger partial charge in [0, 0.05) is 7.11 Å². The number of carboxylic acid groups (broad SMARTS) is 1. The second-order valence-electron chi connectivity index (χ2n) is 3.58. The predicted octanol–water partition coefficient (Wildman–Crippen LogP) is 0.445. The minimum atomic E-state index is -1.10. The average molecular weight is 237 g/mol. The molecule has 0 aliphatic rings. The molecule has 0 aromatic heterocycles. The minimum absolute atomic E-state index is 0.0458. The molecule has 1 rings (SSSR count). The van der Waals surface area contributed by atoms with E-state index in [-0.39, 0.29) is 18.9 Å². The van der Waals surface area contributed by atoms with Crippen LogP contribution in [0.1, 0.15) is 5.56 Å². The number of hydrogen-bond donors (Lipinski definition) is 2. The molecule has 5 heteroatoms. The number of amides is 1. The molecule has 0 fully saturated rings. The predicted molar refractivity (Wildman–Crippen MR) is 61.6 cm³/mol. The second kappa shape index (κ2) is 6.65. The summed E-state index contributed by atoms with van der Waals surface area (Å²) in [5, 5.41) is 11.2. The minimum Gasteiger partial charge on any atom is -0.480 e. The van der Waals surface area contributed by atoms with Crippen molar-refractivity contribution in [3.8, 4) is 0 Å². The fraction of sp³-hybridized carbons (Fsp3) is 0.333. The number of hydrogen-bond acceptors (Lipinski definition) is 3. The van der Waals surface area contributed by atoms with Crippen molar-refractivity contribution in [2.45, 2.75) is 12.5 Å². The zero-order valence-electron chi connectivity index (χ0n) is 9.55. The van der Waals surface area contributed by atoms with Crippen molar-refractivity contribution < 1.29 is 19.4 Å². The lowest BCUT2D eigenvalue weighted by molar-refractivity contribution is -0.143. The summed E-state index contributed by atoms with van der Waals surface area (Å²) in [5.41, 5.74) is 0.839. The van der Waals surface area contributed by atoms with E-state index in [1.165, 1.54) is 7.11 Å². The Morgan fingerprint density at radius 3 is 2.53 bits per heavy atom. The van der Waals surface area contributed by atoms with E-state index in [0.717, 1.165) is 5.56 Å². The van der Waals surface area contributed by atoms with Crippen LogP contribution in [0.5, 0.6) is 0 Å². The maximum absolute atomic E-state index is 11.6. The maximum atomic E-state index is 11.6. The molecule has 1 aromatic carbocycles. The summed E-state index contributed by atoms with van der Waals surface area (Å²) in [6.07, 6.45) is 0.161. The summed E-state index contributed by atoms with van der Waals surface area (Å²) in [6.45, 7) is -0.0458. The third-order valence-corrected chi connectivity index (χ3v) is 2.17. The van der Waals surface area contributed by atoms with Gasteiger partial charge in [-0.1, -0.05) is 30.3 Å². The molecule has 1 atom stereocenters. The Morgan fingerprint density at radius 2 is 2.00 bits per heavy atom. The summed E-state index contributed by atoms with van der Waals surface area (Å²) in [6, 6.07) is 8.12. The molecule has 0 bridgehead atoms. The second-order valence-corrected chi connectivity index (χ2v) is 3.58. The first kappa shape index (κ1) is 13.2. The highest BCUT2D eigenvalue weighted by Gasteiger charge is 2.19. The lowest BCUT2D eigenvalue weighted by Crippen LogP contribution is -2.44. The number of aliphatic carboxylic acids is 1. The van der Waals surface area contributed by atoms with Crippen LogP contribution >= 0.6 is 0 Å². The molecule has 17 heavy (non-hydrogen) atoms. The molecular formula is C12H15NO4. The Kier molecular flexibility index (Phi) is 5.16. The highest BCUT2D eigenvalue weighted by Crippen LogP contribution is 1.99. The Balaban J connectivity index is 2.51. The fourth-order valence-electron chi connectivity index (χ4n) is 1.37. The highest BCUT2D eigenvalue weighted by molar-refractivity contribution is 5.84. The largest absolute Gasteiger partial charge is 0.480 e. The van der Waals surface area contributed by atoms with Crippen LogP contribution in [0.2, 0.25) is 0 Å². The Bertz CT molecular complexity index is 377. The maximum Gasteiger partial charge on any atom is 0.328 e. The quantitative estimate of drug-likeness (QED) is 0.753. The smallest absolute Gasteiger partial charge is 0.328 e. The summed E-state index contributed by atoms with van der Waals surface area (Å²) >= 11 is 0. The zero-order chi connectivity index (χ0) is 12.7. The van der Waals surface area contributed by atoms with Gasteiger partial charge in [0.1, 0.15) is 0 Å². The monoisotopic (exact) mass is 237 g/mol. The number of carbonyl (C=O) groups is 2. The van der Waals surface area contributed by atoms with Crippen molar-refractivity contribution in [2.24, 2.45) is 0 Å². The molecule has 0 aliphatic heterocycles. The Morgan fingerprint density at radius 1 is 1.35 bits per heavy atom.